The molecule has 1 N–H and O–H groups in total. The summed E-state index contributed by atoms with van der Waals surface area (Å²) < 4.78 is 24.2. The Morgan fingerprint density at radius 2 is 1.93 bits per heavy atom. The molecule has 0 bridgehead atoms. The van der Waals surface area contributed by atoms with Gasteiger partial charge in [-0.25, -0.2) is 18.2 Å². The minimum absolute atomic E-state index is 0.0307. The zero-order valence-corrected chi connectivity index (χ0v) is 18.9. The molecule has 1 atom stereocenters. The van der Waals surface area contributed by atoms with Crippen LogP contribution in [0.15, 0.2) is 12.1 Å². The molecule has 162 valence electrons. The summed E-state index contributed by atoms with van der Waals surface area (Å²) in [6, 6.07) is 2.82. The number of likely N-dealkylation sites (tertiary alicyclic amines) is 1. The quantitative estimate of drug-likeness (QED) is 0.727. The van der Waals surface area contributed by atoms with Crippen molar-refractivity contribution in [2.75, 3.05) is 36.5 Å². The van der Waals surface area contributed by atoms with Crippen LogP contribution in [0.5, 0.6) is 0 Å². The molecule has 0 spiro atoms. The normalized spacial score (nSPS) is 21.6. The van der Waals surface area contributed by atoms with Crippen molar-refractivity contribution in [3.8, 4) is 0 Å². The Hall–Kier alpha value is -1.91. The highest BCUT2D eigenvalue weighted by Crippen LogP contribution is 2.32. The van der Waals surface area contributed by atoms with Gasteiger partial charge >= 0.3 is 6.03 Å². The molecule has 1 aromatic carbocycles. The molecule has 2 fully saturated rings. The third-order valence-corrected chi connectivity index (χ3v) is 8.60. The zero-order chi connectivity index (χ0) is 21.5. The van der Waals surface area contributed by atoms with Gasteiger partial charge in [0.1, 0.15) is 6.04 Å². The van der Waals surface area contributed by atoms with Crippen LogP contribution in [0.1, 0.15) is 24.8 Å². The maximum Gasteiger partial charge on any atom is 0.320 e. The van der Waals surface area contributed by atoms with Gasteiger partial charge in [-0.15, -0.1) is 0 Å². The van der Waals surface area contributed by atoms with Crippen molar-refractivity contribution in [3.63, 3.8) is 0 Å². The number of fused-ring (bicyclic) bond motifs is 1. The SMILES string of the molecule is Cc1c(Cl)ccc2sc(NC(=O)[C@@H]3CCCCN3C(=O)N3CCS(=O)(=O)CC3)nc12. The number of hydrogen-bond acceptors (Lipinski definition) is 6. The lowest BCUT2D eigenvalue weighted by atomic mass is 10.0. The number of aryl methyl sites for hydroxylation is 1. The lowest BCUT2D eigenvalue weighted by molar-refractivity contribution is -0.121. The Labute approximate surface area is 184 Å². The number of sulfone groups is 1. The lowest BCUT2D eigenvalue weighted by Crippen LogP contribution is -2.56. The minimum Gasteiger partial charge on any atom is -0.323 e. The largest absolute Gasteiger partial charge is 0.323 e. The van der Waals surface area contributed by atoms with Gasteiger partial charge in [0, 0.05) is 24.7 Å². The predicted octanol–water partition coefficient (Wildman–Crippen LogP) is 2.90. The Kier molecular flexibility index (Phi) is 5.91. The Morgan fingerprint density at radius 1 is 1.20 bits per heavy atom. The Balaban J connectivity index is 1.49. The fourth-order valence-electron chi connectivity index (χ4n) is 3.86. The number of benzene rings is 1. The number of anilines is 1. The lowest BCUT2D eigenvalue weighted by Gasteiger charge is -2.39. The number of thiazole rings is 1. The van der Waals surface area contributed by atoms with E-state index in [4.69, 9.17) is 11.6 Å². The van der Waals surface area contributed by atoms with E-state index in [0.717, 1.165) is 28.6 Å². The average Bonchev–Trinajstić information content (AvgIpc) is 3.13. The van der Waals surface area contributed by atoms with E-state index in [1.165, 1.54) is 16.2 Å². The molecular formula is C19H23ClN4O4S2. The van der Waals surface area contributed by atoms with E-state index in [9.17, 15) is 18.0 Å². The number of hydrogen-bond donors (Lipinski definition) is 1. The second kappa shape index (κ2) is 8.32. The van der Waals surface area contributed by atoms with Gasteiger partial charge in [0.25, 0.3) is 0 Å². The first-order valence-electron chi connectivity index (χ1n) is 9.88. The van der Waals surface area contributed by atoms with Crippen molar-refractivity contribution in [2.45, 2.75) is 32.2 Å². The average molecular weight is 471 g/mol. The number of urea groups is 1. The van der Waals surface area contributed by atoms with Crippen LogP contribution in [0.25, 0.3) is 10.2 Å². The van der Waals surface area contributed by atoms with Gasteiger partial charge < -0.3 is 15.1 Å². The van der Waals surface area contributed by atoms with E-state index in [1.54, 1.807) is 4.90 Å². The summed E-state index contributed by atoms with van der Waals surface area (Å²) in [6.07, 6.45) is 2.24. The summed E-state index contributed by atoms with van der Waals surface area (Å²) in [4.78, 5) is 33.6. The molecule has 0 aliphatic carbocycles. The monoisotopic (exact) mass is 470 g/mol. The summed E-state index contributed by atoms with van der Waals surface area (Å²) in [7, 11) is -3.08. The third-order valence-electron chi connectivity index (χ3n) is 5.64. The molecule has 11 heteroatoms. The number of carbonyl (C=O) groups is 2. The smallest absolute Gasteiger partial charge is 0.320 e. The second-order valence-electron chi connectivity index (χ2n) is 7.65. The molecular weight excluding hydrogens is 448 g/mol. The second-order valence-corrected chi connectivity index (χ2v) is 11.4. The number of piperidine rings is 1. The van der Waals surface area contributed by atoms with Crippen LogP contribution < -0.4 is 5.32 Å². The van der Waals surface area contributed by atoms with Crippen molar-refractivity contribution in [3.05, 3.63) is 22.7 Å². The standard InChI is InChI=1S/C19H23ClN4O4S2/c1-12-13(20)5-6-15-16(12)21-18(29-15)22-17(25)14-4-2-3-7-24(14)19(26)23-8-10-30(27,28)11-9-23/h5-6,14H,2-4,7-11H2,1H3,(H,21,22,25)/t14-/m0/s1. The molecule has 2 aliphatic heterocycles. The predicted molar refractivity (Wildman–Crippen MR) is 118 cm³/mol. The highest BCUT2D eigenvalue weighted by atomic mass is 35.5. The van der Waals surface area contributed by atoms with E-state index in [2.05, 4.69) is 10.3 Å². The number of nitrogens with one attached hydrogen (secondary N) is 1. The van der Waals surface area contributed by atoms with Crippen LogP contribution in [-0.2, 0) is 14.6 Å². The highest BCUT2D eigenvalue weighted by molar-refractivity contribution is 7.91. The van der Waals surface area contributed by atoms with E-state index in [1.807, 2.05) is 19.1 Å². The summed E-state index contributed by atoms with van der Waals surface area (Å²) in [6.45, 7) is 2.71. The van der Waals surface area contributed by atoms with E-state index in [0.29, 0.717) is 23.1 Å². The molecule has 8 nitrogen and oxygen atoms in total. The first kappa shape index (κ1) is 21.3. The fraction of sp³-hybridized carbons (Fsp3) is 0.526. The van der Waals surface area contributed by atoms with Crippen LogP contribution in [0.2, 0.25) is 5.02 Å². The van der Waals surface area contributed by atoms with Gasteiger partial charge in [-0.3, -0.25) is 4.79 Å². The van der Waals surface area contributed by atoms with E-state index >= 15 is 0 Å². The van der Waals surface area contributed by atoms with Crippen molar-refractivity contribution < 1.29 is 18.0 Å². The number of amides is 3. The molecule has 3 amide bonds. The molecule has 30 heavy (non-hydrogen) atoms. The summed E-state index contributed by atoms with van der Waals surface area (Å²) in [5.41, 5.74) is 1.62. The molecule has 2 saturated heterocycles. The molecule has 0 unspecified atom stereocenters. The maximum atomic E-state index is 13.0. The molecule has 0 radical (unpaired) electrons. The Bertz CT molecular complexity index is 1090. The highest BCUT2D eigenvalue weighted by Gasteiger charge is 2.36. The third kappa shape index (κ3) is 4.26. The van der Waals surface area contributed by atoms with E-state index < -0.39 is 15.9 Å². The van der Waals surface area contributed by atoms with Crippen molar-refractivity contribution in [2.24, 2.45) is 0 Å². The van der Waals surface area contributed by atoms with Gasteiger partial charge in [0.15, 0.2) is 15.0 Å². The van der Waals surface area contributed by atoms with Crippen LogP contribution in [0.4, 0.5) is 9.93 Å². The maximum absolute atomic E-state index is 13.0. The van der Waals surface area contributed by atoms with Crippen LogP contribution >= 0.6 is 22.9 Å². The number of halogens is 1. The van der Waals surface area contributed by atoms with Crippen LogP contribution in [0.3, 0.4) is 0 Å². The van der Waals surface area contributed by atoms with Gasteiger partial charge in [-0.05, 0) is 43.9 Å². The summed E-state index contributed by atoms with van der Waals surface area (Å²) >= 11 is 7.53. The number of aromatic nitrogens is 1. The molecule has 4 rings (SSSR count). The summed E-state index contributed by atoms with van der Waals surface area (Å²) in [5, 5.41) is 3.96. The first-order chi connectivity index (χ1) is 14.2. The molecule has 1 aromatic heterocycles. The number of carbonyl (C=O) groups excluding carboxylic acids is 2. The van der Waals surface area contributed by atoms with Crippen molar-refractivity contribution >= 4 is 60.1 Å². The first-order valence-corrected chi connectivity index (χ1v) is 12.9. The molecule has 2 aromatic rings. The van der Waals surface area contributed by atoms with Crippen LogP contribution in [-0.4, -0.2) is 72.3 Å². The molecule has 0 saturated carbocycles. The number of nitrogens with zero attached hydrogens (tertiary/aromatic N) is 3. The summed E-state index contributed by atoms with van der Waals surface area (Å²) in [5.74, 6) is -0.329. The van der Waals surface area contributed by atoms with Gasteiger partial charge in [0.2, 0.25) is 5.91 Å². The molecule has 3 heterocycles. The zero-order valence-electron chi connectivity index (χ0n) is 16.6. The van der Waals surface area contributed by atoms with Crippen molar-refractivity contribution in [1.29, 1.82) is 0 Å². The molecule has 2 aliphatic rings. The topological polar surface area (TPSA) is 99.7 Å². The van der Waals surface area contributed by atoms with Gasteiger partial charge in [0.05, 0.1) is 21.7 Å². The fourth-order valence-corrected chi connectivity index (χ4v) is 6.14. The minimum atomic E-state index is -3.08. The van der Waals surface area contributed by atoms with Crippen LogP contribution in [0, 0.1) is 6.92 Å². The number of rotatable bonds is 2. The van der Waals surface area contributed by atoms with Gasteiger partial charge in [-0.1, -0.05) is 22.9 Å². The Morgan fingerprint density at radius 3 is 2.67 bits per heavy atom. The van der Waals surface area contributed by atoms with E-state index in [-0.39, 0.29) is 36.5 Å². The van der Waals surface area contributed by atoms with Gasteiger partial charge in [-0.2, -0.15) is 0 Å². The van der Waals surface area contributed by atoms with Crippen molar-refractivity contribution in [1.82, 2.24) is 14.8 Å².